The van der Waals surface area contributed by atoms with Crippen LogP contribution in [0.2, 0.25) is 0 Å². The average molecular weight is 299 g/mol. The highest BCUT2D eigenvalue weighted by molar-refractivity contribution is 5.71. The number of fused-ring (bicyclic) bond motifs is 1. The summed E-state index contributed by atoms with van der Waals surface area (Å²) >= 11 is 0. The van der Waals surface area contributed by atoms with Gasteiger partial charge in [-0.15, -0.1) is 0 Å². The molecule has 2 aromatic heterocycles. The summed E-state index contributed by atoms with van der Waals surface area (Å²) in [4.78, 5) is 12.0. The van der Waals surface area contributed by atoms with Gasteiger partial charge < -0.3 is 4.90 Å². The summed E-state index contributed by atoms with van der Waals surface area (Å²) in [5.41, 5.74) is 2.08. The summed E-state index contributed by atoms with van der Waals surface area (Å²) in [6.07, 6.45) is 8.35. The molecule has 2 aliphatic rings. The van der Waals surface area contributed by atoms with Crippen LogP contribution in [0.3, 0.4) is 0 Å². The van der Waals surface area contributed by atoms with Crippen LogP contribution in [0, 0.1) is 5.92 Å². The Bertz CT molecular complexity index is 644. The topological polar surface area (TPSA) is 46.0 Å². The third kappa shape index (κ3) is 2.63. The monoisotopic (exact) mass is 299 g/mol. The van der Waals surface area contributed by atoms with Crippen LogP contribution in [0.5, 0.6) is 0 Å². The van der Waals surface area contributed by atoms with E-state index >= 15 is 0 Å². The van der Waals surface area contributed by atoms with Gasteiger partial charge in [-0.3, -0.25) is 9.88 Å². The van der Waals surface area contributed by atoms with Gasteiger partial charge in [0.05, 0.1) is 6.17 Å². The van der Waals surface area contributed by atoms with E-state index in [0.717, 1.165) is 30.0 Å². The number of piperidine rings is 1. The number of rotatable bonds is 3. The molecule has 118 valence electrons. The fraction of sp³-hybridized carbons (Fsp3) is 0.647. The van der Waals surface area contributed by atoms with E-state index < -0.39 is 0 Å². The summed E-state index contributed by atoms with van der Waals surface area (Å²) in [5, 5.41) is 3.66. The van der Waals surface area contributed by atoms with Gasteiger partial charge in [-0.25, -0.2) is 9.97 Å². The van der Waals surface area contributed by atoms with Gasteiger partial charge in [-0.1, -0.05) is 0 Å². The fourth-order valence-electron chi connectivity index (χ4n) is 3.95. The van der Waals surface area contributed by atoms with Crippen molar-refractivity contribution in [3.05, 3.63) is 24.2 Å². The zero-order chi connectivity index (χ0) is 14.9. The molecule has 2 saturated heterocycles. The smallest absolute Gasteiger partial charge is 0.161 e. The van der Waals surface area contributed by atoms with E-state index in [1.807, 2.05) is 12.3 Å². The summed E-state index contributed by atoms with van der Waals surface area (Å²) in [5.74, 6) is 1.94. The molecule has 2 aliphatic heterocycles. The van der Waals surface area contributed by atoms with Crippen LogP contribution in [0.25, 0.3) is 11.2 Å². The quantitative estimate of drug-likeness (QED) is 0.944. The molecule has 2 unspecified atom stereocenters. The summed E-state index contributed by atoms with van der Waals surface area (Å²) in [6.45, 7) is 3.50. The highest BCUT2D eigenvalue weighted by Gasteiger charge is 2.26. The zero-order valence-corrected chi connectivity index (χ0v) is 13.3. The van der Waals surface area contributed by atoms with Crippen molar-refractivity contribution in [1.29, 1.82) is 0 Å². The van der Waals surface area contributed by atoms with Gasteiger partial charge in [-0.2, -0.15) is 0 Å². The van der Waals surface area contributed by atoms with Crippen molar-refractivity contribution >= 4 is 11.2 Å². The molecule has 5 nitrogen and oxygen atoms in total. The number of nitrogens with one attached hydrogen (secondary N) is 1. The van der Waals surface area contributed by atoms with Crippen LogP contribution in [-0.2, 0) is 6.42 Å². The maximum atomic E-state index is 4.92. The molecular weight excluding hydrogens is 274 g/mol. The molecule has 0 aliphatic carbocycles. The average Bonchev–Trinajstić information content (AvgIpc) is 3.11. The molecule has 0 amide bonds. The second-order valence-corrected chi connectivity index (χ2v) is 6.83. The summed E-state index contributed by atoms with van der Waals surface area (Å²) in [6, 6.07) is 4.08. The molecule has 0 radical (unpaired) electrons. The van der Waals surface area contributed by atoms with E-state index in [2.05, 4.69) is 32.9 Å². The van der Waals surface area contributed by atoms with E-state index in [1.54, 1.807) is 0 Å². The Morgan fingerprint density at radius 1 is 1.32 bits per heavy atom. The molecule has 0 saturated carbocycles. The largest absolute Gasteiger partial charge is 0.306 e. The Morgan fingerprint density at radius 3 is 3.05 bits per heavy atom. The Kier molecular flexibility index (Phi) is 3.84. The van der Waals surface area contributed by atoms with Gasteiger partial charge in [0.25, 0.3) is 0 Å². The predicted octanol–water partition coefficient (Wildman–Crippen LogP) is 2.20. The van der Waals surface area contributed by atoms with Crippen LogP contribution in [0.4, 0.5) is 0 Å². The van der Waals surface area contributed by atoms with E-state index in [0.29, 0.717) is 6.17 Å². The van der Waals surface area contributed by atoms with Crippen molar-refractivity contribution in [3.8, 4) is 0 Å². The summed E-state index contributed by atoms with van der Waals surface area (Å²) in [7, 11) is 2.22. The standard InChI is InChI=1S/C17H25N5/c1-21-10-7-13(12-21)11-16-20-14-5-4-9-19-17(14)22(16)15-6-2-3-8-18-15/h4-5,9,13,15,18H,2-3,6-8,10-12H2,1H3. The minimum Gasteiger partial charge on any atom is -0.306 e. The van der Waals surface area contributed by atoms with Gasteiger partial charge >= 0.3 is 0 Å². The van der Waals surface area contributed by atoms with Crippen LogP contribution in [0.1, 0.15) is 37.7 Å². The Labute approximate surface area is 131 Å². The molecular formula is C17H25N5. The Morgan fingerprint density at radius 2 is 2.27 bits per heavy atom. The predicted molar refractivity (Wildman–Crippen MR) is 87.7 cm³/mol. The number of nitrogens with zero attached hydrogens (tertiary/aromatic N) is 4. The molecule has 1 N–H and O–H groups in total. The highest BCUT2D eigenvalue weighted by atomic mass is 15.2. The van der Waals surface area contributed by atoms with Gasteiger partial charge in [0.1, 0.15) is 11.3 Å². The maximum absolute atomic E-state index is 4.92. The molecule has 0 spiro atoms. The first-order valence-electron chi connectivity index (χ1n) is 8.55. The number of imidazole rings is 1. The SMILES string of the molecule is CN1CCC(Cc2nc3cccnc3n2C2CCCCN2)C1. The molecule has 4 heterocycles. The van der Waals surface area contributed by atoms with Gasteiger partial charge in [0.15, 0.2) is 5.65 Å². The molecule has 2 fully saturated rings. The third-order valence-electron chi connectivity index (χ3n) is 5.08. The number of pyridine rings is 1. The second-order valence-electron chi connectivity index (χ2n) is 6.83. The number of hydrogen-bond acceptors (Lipinski definition) is 4. The number of likely N-dealkylation sites (tertiary alicyclic amines) is 1. The lowest BCUT2D eigenvalue weighted by atomic mass is 10.0. The summed E-state index contributed by atoms with van der Waals surface area (Å²) < 4.78 is 2.38. The lowest BCUT2D eigenvalue weighted by Gasteiger charge is -2.27. The van der Waals surface area contributed by atoms with Crippen LogP contribution < -0.4 is 5.32 Å². The zero-order valence-electron chi connectivity index (χ0n) is 13.3. The van der Waals surface area contributed by atoms with Gasteiger partial charge in [0.2, 0.25) is 0 Å². The van der Waals surface area contributed by atoms with Crippen molar-refractivity contribution < 1.29 is 0 Å². The normalized spacial score (nSPS) is 26.8. The molecule has 2 atom stereocenters. The van der Waals surface area contributed by atoms with Crippen molar-refractivity contribution in [2.24, 2.45) is 5.92 Å². The number of aromatic nitrogens is 3. The molecule has 0 bridgehead atoms. The van der Waals surface area contributed by atoms with Crippen molar-refractivity contribution in [2.75, 3.05) is 26.7 Å². The van der Waals surface area contributed by atoms with Crippen molar-refractivity contribution in [3.63, 3.8) is 0 Å². The first kappa shape index (κ1) is 14.2. The van der Waals surface area contributed by atoms with Gasteiger partial charge in [0, 0.05) is 19.2 Å². The third-order valence-corrected chi connectivity index (χ3v) is 5.08. The Balaban J connectivity index is 1.69. The minimum atomic E-state index is 0.364. The Hall–Kier alpha value is -1.46. The first-order chi connectivity index (χ1) is 10.8. The van der Waals surface area contributed by atoms with Crippen molar-refractivity contribution in [1.82, 2.24) is 24.8 Å². The molecule has 4 rings (SSSR count). The lowest BCUT2D eigenvalue weighted by Crippen LogP contribution is -2.33. The van der Waals surface area contributed by atoms with Crippen LogP contribution in [0.15, 0.2) is 18.3 Å². The second kappa shape index (κ2) is 5.97. The molecule has 2 aromatic rings. The minimum absolute atomic E-state index is 0.364. The first-order valence-corrected chi connectivity index (χ1v) is 8.55. The number of hydrogen-bond donors (Lipinski definition) is 1. The fourth-order valence-corrected chi connectivity index (χ4v) is 3.95. The van der Waals surface area contributed by atoms with E-state index in [1.165, 1.54) is 44.6 Å². The maximum Gasteiger partial charge on any atom is 0.161 e. The molecule has 22 heavy (non-hydrogen) atoms. The van der Waals surface area contributed by atoms with E-state index in [4.69, 9.17) is 4.98 Å². The molecule has 5 heteroatoms. The molecule has 0 aromatic carbocycles. The van der Waals surface area contributed by atoms with Gasteiger partial charge in [-0.05, 0) is 63.9 Å². The van der Waals surface area contributed by atoms with Crippen LogP contribution >= 0.6 is 0 Å². The lowest BCUT2D eigenvalue weighted by molar-refractivity contribution is 0.314. The highest BCUT2D eigenvalue weighted by Crippen LogP contribution is 2.27. The van der Waals surface area contributed by atoms with E-state index in [-0.39, 0.29) is 0 Å². The van der Waals surface area contributed by atoms with E-state index in [9.17, 15) is 0 Å². The van der Waals surface area contributed by atoms with Crippen molar-refractivity contribution in [2.45, 2.75) is 38.3 Å². The van der Waals surface area contributed by atoms with Crippen LogP contribution in [-0.4, -0.2) is 46.1 Å².